The van der Waals surface area contributed by atoms with E-state index < -0.39 is 11.8 Å². The molecule has 0 radical (unpaired) electrons. The summed E-state index contributed by atoms with van der Waals surface area (Å²) in [5, 5.41) is 9.79. The number of Topliss-reactive ketones (excluding diaryl/α,β-unsaturated/α-hetero) is 1. The molecule has 1 saturated carbocycles. The molecule has 0 spiro atoms. The third kappa shape index (κ3) is 4.82. The highest BCUT2D eigenvalue weighted by Gasteiger charge is 2.20. The highest BCUT2D eigenvalue weighted by atomic mass is 16.3. The Morgan fingerprint density at radius 3 is 2.84 bits per heavy atom. The highest BCUT2D eigenvalue weighted by Crippen LogP contribution is 2.24. The van der Waals surface area contributed by atoms with Crippen LogP contribution in [-0.2, 0) is 11.8 Å². The van der Waals surface area contributed by atoms with E-state index in [0.29, 0.717) is 35.9 Å². The molecule has 1 aliphatic carbocycles. The number of nitrogens with zero attached hydrogens (tertiary/aromatic N) is 4. The molecule has 0 unspecified atom stereocenters. The van der Waals surface area contributed by atoms with Crippen LogP contribution in [0.1, 0.15) is 46.7 Å². The van der Waals surface area contributed by atoms with Crippen LogP contribution in [-0.4, -0.2) is 43.9 Å². The Kier molecular flexibility index (Phi) is 5.97. The lowest BCUT2D eigenvalue weighted by atomic mass is 9.88. The van der Waals surface area contributed by atoms with Crippen molar-refractivity contribution in [2.75, 3.05) is 17.2 Å². The number of amides is 2. The number of anilines is 2. The lowest BCUT2D eigenvalue weighted by Crippen LogP contribution is -2.21. The van der Waals surface area contributed by atoms with E-state index in [1.54, 1.807) is 25.4 Å². The topological polar surface area (TPSA) is 158 Å². The fourth-order valence-corrected chi connectivity index (χ4v) is 3.57. The van der Waals surface area contributed by atoms with E-state index in [2.05, 4.69) is 25.7 Å². The van der Waals surface area contributed by atoms with Crippen LogP contribution in [0.15, 0.2) is 35.2 Å². The summed E-state index contributed by atoms with van der Waals surface area (Å²) >= 11 is 0. The summed E-state index contributed by atoms with van der Waals surface area (Å²) in [6, 6.07) is 3.51. The minimum atomic E-state index is -0.751. The average Bonchev–Trinajstić information content (AvgIpc) is 3.41. The number of pyridine rings is 1. The van der Waals surface area contributed by atoms with E-state index in [0.717, 1.165) is 19.4 Å². The molecule has 4 N–H and O–H groups in total. The fraction of sp³-hybridized carbons (Fsp3) is 0.333. The summed E-state index contributed by atoms with van der Waals surface area (Å²) in [5.74, 6) is 0.371. The maximum Gasteiger partial charge on any atom is 0.277 e. The molecule has 0 aromatic carbocycles. The number of hydrogen-bond donors (Lipinski definition) is 3. The van der Waals surface area contributed by atoms with Crippen LogP contribution in [0.25, 0.3) is 11.5 Å². The molecule has 166 valence electrons. The minimum Gasteiger partial charge on any atom is -0.444 e. The number of nitrogens with two attached hydrogens (primary N) is 1. The van der Waals surface area contributed by atoms with Gasteiger partial charge in [0, 0.05) is 44.4 Å². The van der Waals surface area contributed by atoms with Crippen molar-refractivity contribution in [1.29, 1.82) is 0 Å². The van der Waals surface area contributed by atoms with E-state index in [-0.39, 0.29) is 23.0 Å². The molecule has 0 saturated heterocycles. The molecule has 2 amide bonds. The van der Waals surface area contributed by atoms with Gasteiger partial charge in [-0.2, -0.15) is 5.10 Å². The number of carbonyl (C=O) groups excluding carboxylic acids is 3. The second-order valence-electron chi connectivity index (χ2n) is 7.71. The van der Waals surface area contributed by atoms with Gasteiger partial charge in [0.05, 0.1) is 5.69 Å². The largest absolute Gasteiger partial charge is 0.444 e. The molecule has 32 heavy (non-hydrogen) atoms. The zero-order valence-electron chi connectivity index (χ0n) is 17.5. The van der Waals surface area contributed by atoms with Crippen LogP contribution in [0.5, 0.6) is 0 Å². The SMILES string of the molecule is Cn1cc(NC(=O)c2coc(-c3ccnc(NCC4CCC(=O)CC4)c3)n2)c(C(N)=O)n1. The number of primary amides is 1. The van der Waals surface area contributed by atoms with Crippen LogP contribution in [0.2, 0.25) is 0 Å². The summed E-state index contributed by atoms with van der Waals surface area (Å²) in [7, 11) is 1.61. The standard InChI is InChI=1S/C21H23N7O4/c1-28-10-15(18(27-28)19(22)30)25-20(31)16-11-32-21(26-16)13-6-7-23-17(8-13)24-9-12-2-4-14(29)5-3-12/h6-8,10-12H,2-5,9H2,1H3,(H2,22,30)(H,23,24)(H,25,31). The molecule has 3 aromatic rings. The fourth-order valence-electron chi connectivity index (χ4n) is 3.57. The van der Waals surface area contributed by atoms with E-state index in [9.17, 15) is 14.4 Å². The summed E-state index contributed by atoms with van der Waals surface area (Å²) in [6.45, 7) is 0.732. The molecule has 0 aliphatic heterocycles. The molecule has 0 bridgehead atoms. The van der Waals surface area contributed by atoms with Crippen molar-refractivity contribution in [3.05, 3.63) is 42.2 Å². The second-order valence-corrected chi connectivity index (χ2v) is 7.71. The number of rotatable bonds is 7. The zero-order chi connectivity index (χ0) is 22.7. The first-order chi connectivity index (χ1) is 15.4. The average molecular weight is 437 g/mol. The van der Waals surface area contributed by atoms with Gasteiger partial charge in [-0.15, -0.1) is 0 Å². The van der Waals surface area contributed by atoms with Crippen molar-refractivity contribution in [2.24, 2.45) is 18.7 Å². The molecule has 11 nitrogen and oxygen atoms in total. The Morgan fingerprint density at radius 1 is 1.31 bits per heavy atom. The number of nitrogens with one attached hydrogen (secondary N) is 2. The van der Waals surface area contributed by atoms with E-state index in [1.165, 1.54) is 17.1 Å². The van der Waals surface area contributed by atoms with Crippen molar-refractivity contribution in [3.63, 3.8) is 0 Å². The van der Waals surface area contributed by atoms with E-state index >= 15 is 0 Å². The van der Waals surface area contributed by atoms with Crippen molar-refractivity contribution in [2.45, 2.75) is 25.7 Å². The molecule has 3 aromatic heterocycles. The number of oxazole rings is 1. The molecule has 3 heterocycles. The van der Waals surface area contributed by atoms with Crippen LogP contribution in [0, 0.1) is 5.92 Å². The van der Waals surface area contributed by atoms with Gasteiger partial charge in [-0.05, 0) is 30.9 Å². The molecule has 11 heteroatoms. The summed E-state index contributed by atoms with van der Waals surface area (Å²) in [5.41, 5.74) is 6.12. The Bertz CT molecular complexity index is 1160. The maximum atomic E-state index is 12.5. The number of aromatic nitrogens is 4. The lowest BCUT2D eigenvalue weighted by Gasteiger charge is -2.21. The number of ketones is 1. The van der Waals surface area contributed by atoms with Crippen LogP contribution >= 0.6 is 0 Å². The predicted octanol–water partition coefficient (Wildman–Crippen LogP) is 1.99. The Hall–Kier alpha value is -4.02. The van der Waals surface area contributed by atoms with E-state index in [4.69, 9.17) is 10.2 Å². The maximum absolute atomic E-state index is 12.5. The van der Waals surface area contributed by atoms with Gasteiger partial charge < -0.3 is 20.8 Å². The normalized spacial score (nSPS) is 14.3. The Morgan fingerprint density at radius 2 is 2.09 bits per heavy atom. The number of aryl methyl sites for hydroxylation is 1. The number of hydrogen-bond acceptors (Lipinski definition) is 8. The third-order valence-corrected chi connectivity index (χ3v) is 5.29. The number of carbonyl (C=O) groups is 3. The van der Waals surface area contributed by atoms with Gasteiger partial charge in [-0.1, -0.05) is 0 Å². The van der Waals surface area contributed by atoms with Crippen molar-refractivity contribution >= 4 is 29.1 Å². The highest BCUT2D eigenvalue weighted by molar-refractivity contribution is 6.07. The van der Waals surface area contributed by atoms with Gasteiger partial charge in [-0.25, -0.2) is 9.97 Å². The first-order valence-corrected chi connectivity index (χ1v) is 10.2. The molecule has 1 aliphatic rings. The quantitative estimate of drug-likeness (QED) is 0.506. The van der Waals surface area contributed by atoms with Crippen LogP contribution in [0.4, 0.5) is 11.5 Å². The van der Waals surface area contributed by atoms with Crippen molar-refractivity contribution in [1.82, 2.24) is 19.7 Å². The minimum absolute atomic E-state index is 0.0393. The summed E-state index contributed by atoms with van der Waals surface area (Å²) in [6.07, 6.45) is 7.39. The molecular formula is C21H23N7O4. The van der Waals surface area contributed by atoms with E-state index in [1.807, 2.05) is 0 Å². The summed E-state index contributed by atoms with van der Waals surface area (Å²) in [4.78, 5) is 43.9. The summed E-state index contributed by atoms with van der Waals surface area (Å²) < 4.78 is 6.85. The van der Waals surface area contributed by atoms with Gasteiger partial charge in [0.1, 0.15) is 17.9 Å². The first kappa shape index (κ1) is 21.2. The Labute approximate surface area is 183 Å². The zero-order valence-corrected chi connectivity index (χ0v) is 17.5. The van der Waals surface area contributed by atoms with Gasteiger partial charge in [-0.3, -0.25) is 19.1 Å². The molecule has 4 rings (SSSR count). The molecule has 0 atom stereocenters. The van der Waals surface area contributed by atoms with Gasteiger partial charge in [0.25, 0.3) is 11.8 Å². The Balaban J connectivity index is 1.42. The van der Waals surface area contributed by atoms with Crippen LogP contribution in [0.3, 0.4) is 0 Å². The van der Waals surface area contributed by atoms with Gasteiger partial charge in [0.15, 0.2) is 11.4 Å². The second kappa shape index (κ2) is 9.00. The predicted molar refractivity (Wildman–Crippen MR) is 115 cm³/mol. The van der Waals surface area contributed by atoms with Gasteiger partial charge in [0.2, 0.25) is 5.89 Å². The smallest absolute Gasteiger partial charge is 0.277 e. The molecular weight excluding hydrogens is 414 g/mol. The van der Waals surface area contributed by atoms with Crippen LogP contribution < -0.4 is 16.4 Å². The first-order valence-electron chi connectivity index (χ1n) is 10.2. The van der Waals surface area contributed by atoms with Gasteiger partial charge >= 0.3 is 0 Å². The molecule has 1 fully saturated rings. The monoisotopic (exact) mass is 437 g/mol. The third-order valence-electron chi connectivity index (χ3n) is 5.29. The lowest BCUT2D eigenvalue weighted by molar-refractivity contribution is -0.120. The van der Waals surface area contributed by atoms with Crippen molar-refractivity contribution in [3.8, 4) is 11.5 Å². The van der Waals surface area contributed by atoms with Crippen molar-refractivity contribution < 1.29 is 18.8 Å².